The molecule has 0 radical (unpaired) electrons. The number of carbonyl (C=O) groups is 2. The highest BCUT2D eigenvalue weighted by molar-refractivity contribution is 6.15. The van der Waals surface area contributed by atoms with Crippen LogP contribution in [0.3, 0.4) is 0 Å². The third-order valence-electron chi connectivity index (χ3n) is 5.66. The number of amides is 2. The van der Waals surface area contributed by atoms with Crippen molar-refractivity contribution in [2.24, 2.45) is 0 Å². The zero-order chi connectivity index (χ0) is 19.4. The minimum Gasteiger partial charge on any atom is -0.351 e. The molecule has 2 aliphatic rings. The Bertz CT molecular complexity index is 860. The molecule has 1 aromatic heterocycles. The maximum Gasteiger partial charge on any atom is 0.251 e. The van der Waals surface area contributed by atoms with Crippen LogP contribution >= 0.6 is 0 Å². The Labute approximate surface area is 165 Å². The summed E-state index contributed by atoms with van der Waals surface area (Å²) in [6, 6.07) is 13.6. The van der Waals surface area contributed by atoms with Crippen molar-refractivity contribution in [2.45, 2.75) is 50.1 Å². The van der Waals surface area contributed by atoms with Crippen LogP contribution in [0, 0.1) is 0 Å². The van der Waals surface area contributed by atoms with E-state index in [1.165, 1.54) is 6.42 Å². The molecule has 0 spiro atoms. The molecule has 28 heavy (non-hydrogen) atoms. The topological polar surface area (TPSA) is 62.3 Å². The summed E-state index contributed by atoms with van der Waals surface area (Å²) in [5.74, 6) is -0.167. The molecule has 1 saturated carbocycles. The molecule has 5 heteroatoms. The highest BCUT2D eigenvalue weighted by atomic mass is 16.2. The minimum absolute atomic E-state index is 0.0653. The normalized spacial score (nSPS) is 22.9. The van der Waals surface area contributed by atoms with Crippen LogP contribution in [0.15, 0.2) is 60.9 Å². The summed E-state index contributed by atoms with van der Waals surface area (Å²) < 4.78 is 0. The van der Waals surface area contributed by atoms with E-state index in [2.05, 4.69) is 10.3 Å². The zero-order valence-corrected chi connectivity index (χ0v) is 15.9. The summed E-state index contributed by atoms with van der Waals surface area (Å²) in [6.45, 7) is 0. The van der Waals surface area contributed by atoms with Gasteiger partial charge in [-0.1, -0.05) is 55.7 Å². The molecule has 144 valence electrons. The van der Waals surface area contributed by atoms with E-state index in [1.807, 2.05) is 48.6 Å². The first-order valence-corrected chi connectivity index (χ1v) is 9.97. The number of β-lactam (4-membered cyclic amide) rings is 1. The van der Waals surface area contributed by atoms with Gasteiger partial charge in [0.2, 0.25) is 5.91 Å². The Kier molecular flexibility index (Phi) is 5.24. The van der Waals surface area contributed by atoms with Gasteiger partial charge in [0, 0.05) is 12.2 Å². The van der Waals surface area contributed by atoms with Gasteiger partial charge in [0.1, 0.15) is 0 Å². The molecule has 1 saturated heterocycles. The van der Waals surface area contributed by atoms with Crippen LogP contribution in [0.1, 0.15) is 44.1 Å². The van der Waals surface area contributed by atoms with Gasteiger partial charge < -0.3 is 5.32 Å². The smallest absolute Gasteiger partial charge is 0.251 e. The number of anilines is 1. The zero-order valence-electron chi connectivity index (χ0n) is 15.9. The van der Waals surface area contributed by atoms with Gasteiger partial charge in [-0.15, -0.1) is 0 Å². The van der Waals surface area contributed by atoms with Crippen molar-refractivity contribution in [3.63, 3.8) is 0 Å². The first kappa shape index (κ1) is 18.4. The number of carbonyl (C=O) groups excluding carboxylic acids is 2. The first-order chi connectivity index (χ1) is 13.7. The van der Waals surface area contributed by atoms with Gasteiger partial charge in [-0.05, 0) is 36.6 Å². The summed E-state index contributed by atoms with van der Waals surface area (Å²) in [5.41, 5.74) is 0.640. The molecule has 1 unspecified atom stereocenters. The summed E-state index contributed by atoms with van der Waals surface area (Å²) >= 11 is 0. The lowest BCUT2D eigenvalue weighted by Crippen LogP contribution is -2.70. The van der Waals surface area contributed by atoms with Crippen LogP contribution in [0.2, 0.25) is 0 Å². The standard InChI is InChI=1S/C23H25N3O2/c27-21-16-23(14-13-18-8-3-1-4-9-18,26(21)20-12-7-15-24-17-20)22(28)25-19-10-5-2-6-11-19/h1,3-4,7-9,12-15,17,19H,2,5-6,10-11,16H2,(H,25,28)/b14-13+. The van der Waals surface area contributed by atoms with Gasteiger partial charge in [0.05, 0.1) is 18.3 Å². The lowest BCUT2D eigenvalue weighted by molar-refractivity contribution is -0.137. The second kappa shape index (κ2) is 7.97. The maximum absolute atomic E-state index is 13.4. The van der Waals surface area contributed by atoms with Crippen LogP contribution in [0.5, 0.6) is 0 Å². The van der Waals surface area contributed by atoms with E-state index in [-0.39, 0.29) is 24.3 Å². The number of nitrogens with zero attached hydrogens (tertiary/aromatic N) is 2. The van der Waals surface area contributed by atoms with Crippen LogP contribution in [0.4, 0.5) is 5.69 Å². The van der Waals surface area contributed by atoms with Crippen LogP contribution in [-0.2, 0) is 9.59 Å². The molecular weight excluding hydrogens is 350 g/mol. The fourth-order valence-electron chi connectivity index (χ4n) is 4.13. The number of benzene rings is 1. The van der Waals surface area contributed by atoms with Gasteiger partial charge in [0.25, 0.3) is 5.91 Å². The summed E-state index contributed by atoms with van der Waals surface area (Å²) in [6.07, 6.45) is 12.8. The first-order valence-electron chi connectivity index (χ1n) is 9.97. The largest absolute Gasteiger partial charge is 0.351 e. The second-order valence-electron chi connectivity index (χ2n) is 7.59. The molecule has 1 aliphatic carbocycles. The number of aromatic nitrogens is 1. The summed E-state index contributed by atoms with van der Waals surface area (Å²) in [4.78, 5) is 31.6. The molecule has 1 atom stereocenters. The monoisotopic (exact) mass is 375 g/mol. The SMILES string of the molecule is O=C1CC(/C=C/c2ccccc2)(C(=O)NC2CCCCC2)N1c1cccnc1. The number of rotatable bonds is 5. The third-order valence-corrected chi connectivity index (χ3v) is 5.66. The van der Waals surface area contributed by atoms with Crippen molar-refractivity contribution in [3.8, 4) is 0 Å². The third kappa shape index (κ3) is 3.57. The lowest BCUT2D eigenvalue weighted by Gasteiger charge is -2.49. The summed E-state index contributed by atoms with van der Waals surface area (Å²) in [7, 11) is 0. The Morgan fingerprint density at radius 1 is 1.11 bits per heavy atom. The molecule has 2 heterocycles. The number of nitrogens with one attached hydrogen (secondary N) is 1. The van der Waals surface area contributed by atoms with E-state index in [0.29, 0.717) is 5.69 Å². The van der Waals surface area contributed by atoms with Crippen molar-refractivity contribution in [1.82, 2.24) is 10.3 Å². The molecule has 2 amide bonds. The van der Waals surface area contributed by atoms with Crippen molar-refractivity contribution in [3.05, 3.63) is 66.5 Å². The predicted octanol–water partition coefficient (Wildman–Crippen LogP) is 3.72. The van der Waals surface area contributed by atoms with Crippen molar-refractivity contribution < 1.29 is 9.59 Å². The fourth-order valence-corrected chi connectivity index (χ4v) is 4.13. The maximum atomic E-state index is 13.4. The molecule has 5 nitrogen and oxygen atoms in total. The van der Waals surface area contributed by atoms with E-state index >= 15 is 0 Å². The molecule has 1 aromatic carbocycles. The average molecular weight is 375 g/mol. The fraction of sp³-hybridized carbons (Fsp3) is 0.348. The van der Waals surface area contributed by atoms with E-state index in [9.17, 15) is 9.59 Å². The second-order valence-corrected chi connectivity index (χ2v) is 7.59. The van der Waals surface area contributed by atoms with Gasteiger partial charge in [-0.25, -0.2) is 0 Å². The van der Waals surface area contributed by atoms with Gasteiger partial charge in [-0.2, -0.15) is 0 Å². The van der Waals surface area contributed by atoms with Crippen LogP contribution in [-0.4, -0.2) is 28.4 Å². The molecule has 2 aromatic rings. The Hall–Kier alpha value is -2.95. The molecule has 0 bridgehead atoms. The lowest BCUT2D eigenvalue weighted by atomic mass is 9.80. The number of hydrogen-bond acceptors (Lipinski definition) is 3. The van der Waals surface area contributed by atoms with Gasteiger partial charge in [-0.3, -0.25) is 19.5 Å². The van der Waals surface area contributed by atoms with Gasteiger partial charge >= 0.3 is 0 Å². The van der Waals surface area contributed by atoms with E-state index in [4.69, 9.17) is 0 Å². The molecule has 4 rings (SSSR count). The average Bonchev–Trinajstić information content (AvgIpc) is 2.73. The number of hydrogen-bond donors (Lipinski definition) is 1. The molecule has 2 fully saturated rings. The quantitative estimate of drug-likeness (QED) is 0.810. The Morgan fingerprint density at radius 3 is 2.57 bits per heavy atom. The molecule has 1 aliphatic heterocycles. The minimum atomic E-state index is -1.01. The Morgan fingerprint density at radius 2 is 1.89 bits per heavy atom. The summed E-state index contributed by atoms with van der Waals surface area (Å²) in [5, 5.41) is 3.21. The van der Waals surface area contributed by atoms with Crippen LogP contribution in [0.25, 0.3) is 6.08 Å². The highest BCUT2D eigenvalue weighted by Gasteiger charge is 2.56. The van der Waals surface area contributed by atoms with E-state index < -0.39 is 5.54 Å². The number of pyridine rings is 1. The molecular formula is C23H25N3O2. The highest BCUT2D eigenvalue weighted by Crippen LogP contribution is 2.39. The van der Waals surface area contributed by atoms with E-state index in [0.717, 1.165) is 31.2 Å². The van der Waals surface area contributed by atoms with Crippen LogP contribution < -0.4 is 10.2 Å². The van der Waals surface area contributed by atoms with Crippen molar-refractivity contribution in [2.75, 3.05) is 4.90 Å². The molecule has 1 N–H and O–H groups in total. The predicted molar refractivity (Wildman–Crippen MR) is 110 cm³/mol. The van der Waals surface area contributed by atoms with E-state index in [1.54, 1.807) is 23.4 Å². The van der Waals surface area contributed by atoms with Gasteiger partial charge in [0.15, 0.2) is 5.54 Å². The Balaban J connectivity index is 1.65. The van der Waals surface area contributed by atoms with Crippen molar-refractivity contribution >= 4 is 23.6 Å². The van der Waals surface area contributed by atoms with Crippen molar-refractivity contribution in [1.29, 1.82) is 0 Å².